The van der Waals surface area contributed by atoms with Crippen LogP contribution in [0.1, 0.15) is 10.4 Å². The minimum atomic E-state index is -1.34. The molecule has 0 spiro atoms. The van der Waals surface area contributed by atoms with E-state index in [1.807, 2.05) is 0 Å². The van der Waals surface area contributed by atoms with Crippen molar-refractivity contribution in [2.24, 2.45) is 0 Å². The molecule has 0 saturated carbocycles. The minimum absolute atomic E-state index is 0.0894. The normalized spacial score (nSPS) is 15.8. The van der Waals surface area contributed by atoms with Gasteiger partial charge in [0.1, 0.15) is 13.2 Å². The molecule has 19 heavy (non-hydrogen) atoms. The molecule has 1 N–H and O–H groups in total. The Morgan fingerprint density at radius 2 is 1.79 bits per heavy atom. The number of carboxylic acids is 1. The van der Waals surface area contributed by atoms with E-state index >= 15 is 0 Å². The third-order valence-electron chi connectivity index (χ3n) is 2.43. The van der Waals surface area contributed by atoms with Crippen LogP contribution >= 0.6 is 23.2 Å². The average Bonchev–Trinajstić information content (AvgIpc) is 2.30. The summed E-state index contributed by atoms with van der Waals surface area (Å²) in [6.45, 7) is -0.631. The van der Waals surface area contributed by atoms with Gasteiger partial charge in [-0.15, -0.1) is 0 Å². The highest BCUT2D eigenvalue weighted by Gasteiger charge is 2.33. The van der Waals surface area contributed by atoms with Crippen LogP contribution in [0.3, 0.4) is 0 Å². The monoisotopic (exact) mass is 303 g/mol. The Labute approximate surface area is 117 Å². The van der Waals surface area contributed by atoms with E-state index in [0.29, 0.717) is 4.90 Å². The average molecular weight is 304 g/mol. The molecule has 8 heteroatoms. The van der Waals surface area contributed by atoms with E-state index in [1.165, 1.54) is 6.07 Å². The highest BCUT2D eigenvalue weighted by Crippen LogP contribution is 2.34. The maximum Gasteiger partial charge on any atom is 0.337 e. The predicted octanol–water partition coefficient (Wildman–Crippen LogP) is 1.58. The van der Waals surface area contributed by atoms with Gasteiger partial charge in [-0.25, -0.2) is 9.69 Å². The fourth-order valence-electron chi connectivity index (χ4n) is 1.70. The van der Waals surface area contributed by atoms with E-state index < -0.39 is 17.8 Å². The summed E-state index contributed by atoms with van der Waals surface area (Å²) >= 11 is 11.6. The number of halogens is 2. The molecule has 0 bridgehead atoms. The van der Waals surface area contributed by atoms with Gasteiger partial charge in [0.05, 0.1) is 16.3 Å². The van der Waals surface area contributed by atoms with Crippen molar-refractivity contribution in [1.82, 2.24) is 0 Å². The zero-order valence-corrected chi connectivity index (χ0v) is 10.9. The van der Waals surface area contributed by atoms with Gasteiger partial charge < -0.3 is 9.84 Å². The van der Waals surface area contributed by atoms with Crippen LogP contribution in [0.25, 0.3) is 0 Å². The van der Waals surface area contributed by atoms with Crippen LogP contribution in [-0.2, 0) is 14.3 Å². The summed E-state index contributed by atoms with van der Waals surface area (Å²) in [5.41, 5.74) is -0.502. The van der Waals surface area contributed by atoms with Crippen molar-refractivity contribution in [1.29, 1.82) is 0 Å². The van der Waals surface area contributed by atoms with Gasteiger partial charge in [-0.2, -0.15) is 0 Å². The topological polar surface area (TPSA) is 83.9 Å². The fourth-order valence-corrected chi connectivity index (χ4v) is 2.28. The molecule has 0 radical (unpaired) electrons. The van der Waals surface area contributed by atoms with E-state index in [-0.39, 0.29) is 34.5 Å². The Kier molecular flexibility index (Phi) is 3.75. The second kappa shape index (κ2) is 5.16. The van der Waals surface area contributed by atoms with Gasteiger partial charge in [0.15, 0.2) is 0 Å². The lowest BCUT2D eigenvalue weighted by atomic mass is 10.1. The van der Waals surface area contributed by atoms with Crippen LogP contribution in [0.4, 0.5) is 5.69 Å². The number of imide groups is 1. The number of hydrogen-bond donors (Lipinski definition) is 1. The highest BCUT2D eigenvalue weighted by molar-refractivity contribution is 6.39. The first-order valence-corrected chi connectivity index (χ1v) is 5.83. The Bertz CT molecular complexity index is 571. The van der Waals surface area contributed by atoms with Gasteiger partial charge in [0.25, 0.3) is 11.8 Å². The first-order chi connectivity index (χ1) is 8.91. The number of nitrogens with zero attached hydrogens (tertiary/aromatic N) is 1. The van der Waals surface area contributed by atoms with Crippen molar-refractivity contribution in [3.8, 4) is 0 Å². The number of hydrogen-bond acceptors (Lipinski definition) is 4. The fraction of sp³-hybridized carbons (Fsp3) is 0.182. The van der Waals surface area contributed by atoms with Crippen LogP contribution in [-0.4, -0.2) is 36.1 Å². The lowest BCUT2D eigenvalue weighted by Crippen LogP contribution is -2.47. The molecule has 1 aromatic carbocycles. The standard InChI is InChI=1S/C11H7Cl2NO5/c12-5-1-6(11(17)18)10(7(13)2-5)14-8(15)3-19-4-9(14)16/h1-2H,3-4H2,(H,17,18). The predicted molar refractivity (Wildman–Crippen MR) is 66.7 cm³/mol. The molecule has 0 aliphatic carbocycles. The number of rotatable bonds is 2. The van der Waals surface area contributed by atoms with E-state index in [2.05, 4.69) is 0 Å². The molecule has 2 rings (SSSR count). The second-order valence-electron chi connectivity index (χ2n) is 3.70. The summed E-state index contributed by atoms with van der Waals surface area (Å²) in [6, 6.07) is 2.39. The van der Waals surface area contributed by atoms with Crippen LogP contribution in [0.5, 0.6) is 0 Å². The summed E-state index contributed by atoms with van der Waals surface area (Å²) < 4.78 is 4.75. The lowest BCUT2D eigenvalue weighted by Gasteiger charge is -2.26. The van der Waals surface area contributed by atoms with Crippen molar-refractivity contribution in [2.75, 3.05) is 18.1 Å². The number of carbonyl (C=O) groups is 3. The quantitative estimate of drug-likeness (QED) is 0.839. The highest BCUT2D eigenvalue weighted by atomic mass is 35.5. The SMILES string of the molecule is O=C(O)c1cc(Cl)cc(Cl)c1N1C(=O)COCC1=O. The Morgan fingerprint density at radius 3 is 2.32 bits per heavy atom. The number of morpholine rings is 1. The smallest absolute Gasteiger partial charge is 0.337 e. The van der Waals surface area contributed by atoms with Gasteiger partial charge in [0, 0.05) is 5.02 Å². The van der Waals surface area contributed by atoms with Gasteiger partial charge in [0.2, 0.25) is 0 Å². The summed E-state index contributed by atoms with van der Waals surface area (Å²) in [4.78, 5) is 35.3. The lowest BCUT2D eigenvalue weighted by molar-refractivity contribution is -0.138. The molecule has 1 aliphatic heterocycles. The van der Waals surface area contributed by atoms with Crippen LogP contribution < -0.4 is 4.90 Å². The first kappa shape index (κ1) is 13.8. The Balaban J connectivity index is 2.63. The molecular weight excluding hydrogens is 297 g/mol. The van der Waals surface area contributed by atoms with Crippen molar-refractivity contribution >= 4 is 46.7 Å². The molecule has 1 aromatic rings. The molecule has 100 valence electrons. The van der Waals surface area contributed by atoms with Crippen molar-refractivity contribution in [2.45, 2.75) is 0 Å². The summed E-state index contributed by atoms with van der Waals surface area (Å²) in [5, 5.41) is 9.13. The van der Waals surface area contributed by atoms with E-state index in [1.54, 1.807) is 0 Å². The maximum absolute atomic E-state index is 11.7. The summed E-state index contributed by atoms with van der Waals surface area (Å²) in [6.07, 6.45) is 0. The first-order valence-electron chi connectivity index (χ1n) is 5.07. The van der Waals surface area contributed by atoms with Crippen molar-refractivity contribution in [3.05, 3.63) is 27.7 Å². The number of anilines is 1. The van der Waals surface area contributed by atoms with Gasteiger partial charge in [-0.1, -0.05) is 23.2 Å². The molecule has 1 fully saturated rings. The summed E-state index contributed by atoms with van der Waals surface area (Å²) in [5.74, 6) is -2.70. The summed E-state index contributed by atoms with van der Waals surface area (Å²) in [7, 11) is 0. The van der Waals surface area contributed by atoms with E-state index in [4.69, 9.17) is 33.0 Å². The molecule has 0 unspecified atom stereocenters. The zero-order valence-electron chi connectivity index (χ0n) is 9.35. The molecule has 1 heterocycles. The number of ether oxygens (including phenoxy) is 1. The number of amides is 2. The van der Waals surface area contributed by atoms with Gasteiger partial charge in [-0.3, -0.25) is 9.59 Å². The van der Waals surface area contributed by atoms with Gasteiger partial charge >= 0.3 is 5.97 Å². The molecule has 6 nitrogen and oxygen atoms in total. The third kappa shape index (κ3) is 2.56. The molecule has 1 saturated heterocycles. The Morgan fingerprint density at radius 1 is 1.21 bits per heavy atom. The van der Waals surface area contributed by atoms with Crippen LogP contribution in [0.2, 0.25) is 10.0 Å². The third-order valence-corrected chi connectivity index (χ3v) is 2.94. The van der Waals surface area contributed by atoms with E-state index in [9.17, 15) is 14.4 Å². The zero-order chi connectivity index (χ0) is 14.2. The van der Waals surface area contributed by atoms with Crippen molar-refractivity contribution in [3.63, 3.8) is 0 Å². The Hall–Kier alpha value is -1.63. The largest absolute Gasteiger partial charge is 0.478 e. The van der Waals surface area contributed by atoms with Crippen LogP contribution in [0.15, 0.2) is 12.1 Å². The van der Waals surface area contributed by atoms with Gasteiger partial charge in [-0.05, 0) is 12.1 Å². The second-order valence-corrected chi connectivity index (χ2v) is 4.55. The molecule has 0 atom stereocenters. The molecule has 1 aliphatic rings. The molecule has 0 aromatic heterocycles. The molecule has 2 amide bonds. The van der Waals surface area contributed by atoms with E-state index in [0.717, 1.165) is 6.07 Å². The number of aromatic carboxylic acids is 1. The van der Waals surface area contributed by atoms with Crippen molar-refractivity contribution < 1.29 is 24.2 Å². The number of carboxylic acid groups (broad SMARTS) is 1. The molecular formula is C11H7Cl2NO5. The minimum Gasteiger partial charge on any atom is -0.478 e. The number of benzene rings is 1. The van der Waals surface area contributed by atoms with Crippen LogP contribution in [0, 0.1) is 0 Å². The number of carbonyl (C=O) groups excluding carboxylic acids is 2. The maximum atomic E-state index is 11.7.